The van der Waals surface area contributed by atoms with Crippen molar-refractivity contribution in [1.82, 2.24) is 24.6 Å². The fourth-order valence-electron chi connectivity index (χ4n) is 12.6. The van der Waals surface area contributed by atoms with Gasteiger partial charge in [0, 0.05) is 87.8 Å². The summed E-state index contributed by atoms with van der Waals surface area (Å²) in [5.41, 5.74) is -2.58. The largest absolute Gasteiger partial charge is 0.458 e. The second-order valence-electron chi connectivity index (χ2n) is 23.0. The highest BCUT2D eigenvalue weighted by Crippen LogP contribution is 2.50. The first kappa shape index (κ1) is 63.8. The number of carbonyl (C=O) groups is 4. The summed E-state index contributed by atoms with van der Waals surface area (Å²) in [4.78, 5) is 69.5. The van der Waals surface area contributed by atoms with Crippen molar-refractivity contribution in [3.8, 4) is 0 Å². The molecule has 3 aromatic heterocycles. The Morgan fingerprint density at radius 1 is 0.900 bits per heavy atom. The van der Waals surface area contributed by atoms with Gasteiger partial charge in [0.1, 0.15) is 29.3 Å². The van der Waals surface area contributed by atoms with E-state index in [0.717, 1.165) is 0 Å². The molecule has 19 atom stereocenters. The second kappa shape index (κ2) is 26.0. The minimum Gasteiger partial charge on any atom is -0.458 e. The van der Waals surface area contributed by atoms with Crippen molar-refractivity contribution in [2.75, 3.05) is 51.2 Å². The Hall–Kier alpha value is -3.78. The van der Waals surface area contributed by atoms with E-state index in [1.165, 1.54) is 44.6 Å². The van der Waals surface area contributed by atoms with Gasteiger partial charge in [0.25, 0.3) is 5.91 Å². The summed E-state index contributed by atoms with van der Waals surface area (Å²) in [5, 5.41) is 33.7. The molecule has 0 spiro atoms. The van der Waals surface area contributed by atoms with Crippen molar-refractivity contribution in [2.45, 2.75) is 192 Å². The molecule has 0 radical (unpaired) electrons. The highest BCUT2D eigenvalue weighted by Gasteiger charge is 2.62. The molecule has 4 N–H and O–H groups in total. The summed E-state index contributed by atoms with van der Waals surface area (Å²) in [6.45, 7) is 20.6. The number of pyridine rings is 2. The Bertz CT molecular complexity index is 2670. The second-order valence-corrected chi connectivity index (χ2v) is 25.1. The number of likely N-dealkylation sites (N-methyl/N-ethyl adjacent to an activating group) is 1. The number of ether oxygens (including phenoxy) is 8. The predicted octanol–water partition coefficient (Wildman–Crippen LogP) is 7.19. The maximum absolute atomic E-state index is 15.4. The molecule has 0 aromatic carbocycles. The number of ketones is 1. The summed E-state index contributed by atoms with van der Waals surface area (Å²) in [6.07, 6.45) is -1.69. The van der Waals surface area contributed by atoms with Crippen LogP contribution in [-0.2, 0) is 58.8 Å². The number of esters is 2. The van der Waals surface area contributed by atoms with Crippen LogP contribution in [0.2, 0.25) is 10.0 Å². The summed E-state index contributed by atoms with van der Waals surface area (Å²) in [5.74, 6) is -5.91. The zero-order chi connectivity index (χ0) is 58.9. The molecule has 4 fully saturated rings. The average molecular weight is 1180 g/mol. The van der Waals surface area contributed by atoms with Crippen molar-refractivity contribution in [1.29, 1.82) is 0 Å². The first-order chi connectivity index (χ1) is 37.7. The Kier molecular flexibility index (Phi) is 20.7. The van der Waals surface area contributed by atoms with Crippen LogP contribution in [0.15, 0.2) is 24.8 Å². The molecule has 1 amide bonds. The van der Waals surface area contributed by atoms with Crippen molar-refractivity contribution < 1.29 is 67.3 Å². The number of aromatic nitrogens is 4. The SMILES string of the molecule is CC[C@@H]1OC(=O)C(C)[C@H](OC2C[C@@](C)(OC)C(O)C(C)O2)[C@@H](C)[C@H](OC2O[C@H](C)CC(N(C)C)[C@@H]2O)C(C)(OC)CC(C)C(=O)C(C)C2C(SCCNc3c(C(=O)Nc4c(Cl)cncc4Cl)cnc4c3cnn4CC)C(=O)OC21C. The lowest BCUT2D eigenvalue weighted by molar-refractivity contribution is -0.319. The number of nitrogens with zero attached hydrogens (tertiary/aromatic N) is 5. The molecule has 446 valence electrons. The van der Waals surface area contributed by atoms with E-state index in [1.807, 2.05) is 60.5 Å². The number of anilines is 2. The third-order valence-electron chi connectivity index (χ3n) is 17.3. The van der Waals surface area contributed by atoms with Gasteiger partial charge in [-0.3, -0.25) is 24.2 Å². The van der Waals surface area contributed by atoms with E-state index in [0.29, 0.717) is 29.7 Å². The van der Waals surface area contributed by atoms with Crippen LogP contribution >= 0.6 is 35.0 Å². The number of nitrogens with one attached hydrogen (secondary N) is 2. The van der Waals surface area contributed by atoms with Crippen LogP contribution in [0.3, 0.4) is 0 Å². The maximum atomic E-state index is 15.4. The van der Waals surface area contributed by atoms with E-state index >= 15 is 9.59 Å². The van der Waals surface area contributed by atoms with E-state index in [4.69, 9.17) is 61.1 Å². The molecular formula is C56H83Cl2N7O14S. The van der Waals surface area contributed by atoms with E-state index in [1.54, 1.807) is 45.5 Å². The molecular weight excluding hydrogens is 1100 g/mol. The number of Topliss-reactive ketones (excluding diaryl/α,β-unsaturated/α-hetero) is 1. The number of hydrogen-bond acceptors (Lipinski definition) is 20. The van der Waals surface area contributed by atoms with Gasteiger partial charge >= 0.3 is 11.9 Å². The van der Waals surface area contributed by atoms with Gasteiger partial charge in [-0.25, -0.2) is 9.67 Å². The van der Waals surface area contributed by atoms with E-state index < -0.39 is 119 Å². The van der Waals surface area contributed by atoms with E-state index in [-0.39, 0.29) is 70.8 Å². The van der Waals surface area contributed by atoms with Gasteiger partial charge in [-0.2, -0.15) is 5.10 Å². The molecule has 3 aromatic rings. The summed E-state index contributed by atoms with van der Waals surface area (Å²) in [6, 6.07) is -0.332. The predicted molar refractivity (Wildman–Crippen MR) is 303 cm³/mol. The molecule has 7 heterocycles. The highest BCUT2D eigenvalue weighted by molar-refractivity contribution is 8.00. The minimum absolute atomic E-state index is 0.0921. The maximum Gasteiger partial charge on any atom is 0.320 e. The monoisotopic (exact) mass is 1180 g/mol. The first-order valence-electron chi connectivity index (χ1n) is 27.7. The Morgan fingerprint density at radius 3 is 2.20 bits per heavy atom. The topological polar surface area (TPSA) is 253 Å². The van der Waals surface area contributed by atoms with E-state index in [9.17, 15) is 19.8 Å². The molecule has 21 nitrogen and oxygen atoms in total. The third-order valence-corrected chi connectivity index (χ3v) is 19.1. The molecule has 24 heteroatoms. The number of thioether (sulfide) groups is 1. The number of aliphatic hydroxyl groups excluding tert-OH is 2. The van der Waals surface area contributed by atoms with Crippen molar-refractivity contribution in [3.63, 3.8) is 0 Å². The molecule has 4 aliphatic heterocycles. The van der Waals surface area contributed by atoms with Crippen LogP contribution in [0, 0.1) is 29.6 Å². The Balaban J connectivity index is 1.24. The van der Waals surface area contributed by atoms with Gasteiger partial charge in [-0.1, -0.05) is 50.9 Å². The number of fused-ring (bicyclic) bond motifs is 2. The highest BCUT2D eigenvalue weighted by atomic mass is 35.5. The summed E-state index contributed by atoms with van der Waals surface area (Å²) in [7, 11) is 6.80. The number of aryl methyl sites for hydroxylation is 1. The number of halogens is 2. The Morgan fingerprint density at radius 2 is 1.57 bits per heavy atom. The van der Waals surface area contributed by atoms with Gasteiger partial charge in [0.2, 0.25) is 0 Å². The van der Waals surface area contributed by atoms with E-state index in [2.05, 4.69) is 25.7 Å². The van der Waals surface area contributed by atoms with Crippen LogP contribution in [0.4, 0.5) is 11.4 Å². The molecule has 7 rings (SSSR count). The quantitative estimate of drug-likeness (QED) is 0.0817. The molecule has 0 saturated carbocycles. The number of rotatable bonds is 16. The van der Waals surface area contributed by atoms with Gasteiger partial charge < -0.3 is 63.6 Å². The Labute approximate surface area is 483 Å². The fraction of sp³-hybridized carbons (Fsp3) is 0.732. The average Bonchev–Trinajstić information content (AvgIpc) is 4.16. The molecule has 4 saturated heterocycles. The lowest BCUT2D eigenvalue weighted by atomic mass is 9.70. The fourth-order valence-corrected chi connectivity index (χ4v) is 14.4. The number of carbonyl (C=O) groups excluding carboxylic acids is 4. The first-order valence-corrected chi connectivity index (χ1v) is 29.5. The van der Waals surface area contributed by atoms with Crippen molar-refractivity contribution in [2.24, 2.45) is 29.6 Å². The summed E-state index contributed by atoms with van der Waals surface area (Å²) >= 11 is 14.1. The van der Waals surface area contributed by atoms with Crippen LogP contribution in [-0.4, -0.2) is 183 Å². The smallest absolute Gasteiger partial charge is 0.320 e. The molecule has 80 heavy (non-hydrogen) atoms. The van der Waals surface area contributed by atoms with Crippen molar-refractivity contribution in [3.05, 3.63) is 40.4 Å². The van der Waals surface area contributed by atoms with Crippen LogP contribution < -0.4 is 10.6 Å². The standard InChI is InChI=1S/C56H83Cl2N7O14S/c1-16-38-56(11)40(46(52(71)79-56)80-19-18-60-41-33-24-62-65(17-2)49(33)61-23-34(41)50(69)63-42-35(57)25-59-26-36(42)58)29(5)43(66)27(3)21-55(10,73-15)48(78-53-44(67)37(64(12)13)20-28(4)74-53)30(6)45(31(7)51(70)76-38)77-39-22-54(9,72-14)47(68)32(8)75-39/h23-32,37-40,44-48,53,67-68H,16-22H2,1-15H3,(H,60,61)(H,59,63,69)/t27?,28-,29?,30-,31?,32?,37?,38+,39?,40?,44+,45-,46?,47?,48+,53?,54-,55?,56?/m1/s1. The van der Waals surface area contributed by atoms with Gasteiger partial charge in [-0.05, 0) is 81.8 Å². The number of methoxy groups -OCH3 is 2. The van der Waals surface area contributed by atoms with Crippen LogP contribution in [0.1, 0.15) is 112 Å². The molecule has 12 unspecified atom stereocenters. The normalized spacial score (nSPS) is 37.5. The van der Waals surface area contributed by atoms with Gasteiger partial charge in [0.05, 0.1) is 80.1 Å². The van der Waals surface area contributed by atoms with Crippen LogP contribution in [0.5, 0.6) is 0 Å². The third kappa shape index (κ3) is 12.8. The zero-order valence-corrected chi connectivity index (χ0v) is 51.0. The van der Waals surface area contributed by atoms with Gasteiger partial charge in [-0.15, -0.1) is 11.8 Å². The van der Waals surface area contributed by atoms with Crippen molar-refractivity contribution >= 4 is 81.0 Å². The lowest BCUT2D eigenvalue weighted by Gasteiger charge is -2.50. The lowest BCUT2D eigenvalue weighted by Crippen LogP contribution is -2.61. The number of aliphatic hydroxyl groups is 2. The minimum atomic E-state index is -1.50. The number of amides is 1. The molecule has 0 aliphatic carbocycles. The van der Waals surface area contributed by atoms with Crippen LogP contribution in [0.25, 0.3) is 11.0 Å². The van der Waals surface area contributed by atoms with Gasteiger partial charge in [0.15, 0.2) is 23.8 Å². The summed E-state index contributed by atoms with van der Waals surface area (Å²) < 4.78 is 53.7. The molecule has 4 aliphatic rings. The zero-order valence-electron chi connectivity index (χ0n) is 48.7. The number of hydrogen-bond donors (Lipinski definition) is 4. The molecule has 0 bridgehead atoms. The number of cyclic esters (lactones) is 1.